The van der Waals surface area contributed by atoms with Crippen molar-refractivity contribution in [2.45, 2.75) is 33.2 Å². The van der Waals surface area contributed by atoms with E-state index in [2.05, 4.69) is 57.0 Å². The van der Waals surface area contributed by atoms with E-state index in [1.165, 1.54) is 5.56 Å². The lowest BCUT2D eigenvalue weighted by Crippen LogP contribution is -2.46. The molecule has 6 heteroatoms. The van der Waals surface area contributed by atoms with Crippen molar-refractivity contribution in [1.82, 2.24) is 19.8 Å². The number of anilines is 1. The average molecular weight is 382 g/mol. The minimum absolute atomic E-state index is 0.0251. The molecule has 1 amide bonds. The number of aromatic nitrogens is 2. The maximum Gasteiger partial charge on any atom is 0.272 e. The van der Waals surface area contributed by atoms with Crippen LogP contribution < -0.4 is 4.90 Å². The Labute approximate surface area is 168 Å². The highest BCUT2D eigenvalue weighted by Crippen LogP contribution is 2.16. The molecule has 1 aromatic heterocycles. The summed E-state index contributed by atoms with van der Waals surface area (Å²) in [7, 11) is 1.84. The first-order valence-corrected chi connectivity index (χ1v) is 10.2. The van der Waals surface area contributed by atoms with Crippen molar-refractivity contribution < 1.29 is 4.79 Å². The zero-order chi connectivity index (χ0) is 19.9. The van der Waals surface area contributed by atoms with Gasteiger partial charge in [-0.3, -0.25) is 9.69 Å². The number of hydrogen-bond donors (Lipinski definition) is 0. The van der Waals surface area contributed by atoms with E-state index in [9.17, 15) is 4.79 Å². The van der Waals surface area contributed by atoms with Gasteiger partial charge in [-0.1, -0.05) is 43.7 Å². The number of unbranched alkanes of at least 4 members (excludes halogenated alkanes) is 1. The van der Waals surface area contributed by atoms with Crippen molar-refractivity contribution in [3.8, 4) is 0 Å². The van der Waals surface area contributed by atoms with Crippen LogP contribution in [0.4, 0.5) is 5.95 Å². The topological polar surface area (TPSA) is 52.6 Å². The van der Waals surface area contributed by atoms with Crippen LogP contribution in [0.5, 0.6) is 0 Å². The number of amides is 1. The van der Waals surface area contributed by atoms with Crippen molar-refractivity contribution in [2.75, 3.05) is 44.7 Å². The van der Waals surface area contributed by atoms with E-state index in [-0.39, 0.29) is 5.91 Å². The molecule has 0 unspecified atom stereocenters. The van der Waals surface area contributed by atoms with Gasteiger partial charge in [-0.2, -0.15) is 0 Å². The van der Waals surface area contributed by atoms with E-state index in [0.717, 1.165) is 57.8 Å². The molecule has 3 rings (SSSR count). The number of aryl methyl sites for hydroxylation is 1. The van der Waals surface area contributed by atoms with Gasteiger partial charge in [0.15, 0.2) is 0 Å². The standard InChI is InChI=1S/C22H31N5O/c1-4-5-11-25(3)21(28)20-16-18(2)23-22(24-20)27-14-12-26(13-15-27)17-19-9-7-6-8-10-19/h6-10,16H,4-5,11-15,17H2,1-3H3. The Kier molecular flexibility index (Phi) is 6.98. The summed E-state index contributed by atoms with van der Waals surface area (Å²) < 4.78 is 0. The SMILES string of the molecule is CCCCN(C)C(=O)c1cc(C)nc(N2CCN(Cc3ccccc3)CC2)n1. The van der Waals surface area contributed by atoms with Crippen molar-refractivity contribution in [1.29, 1.82) is 0 Å². The molecule has 0 atom stereocenters. The second-order valence-electron chi connectivity index (χ2n) is 7.52. The van der Waals surface area contributed by atoms with Gasteiger partial charge in [-0.25, -0.2) is 9.97 Å². The van der Waals surface area contributed by atoms with Gasteiger partial charge in [-0.05, 0) is 25.0 Å². The Morgan fingerprint density at radius 2 is 1.82 bits per heavy atom. The molecule has 0 N–H and O–H groups in total. The van der Waals surface area contributed by atoms with Gasteiger partial charge in [-0.15, -0.1) is 0 Å². The predicted molar refractivity (Wildman–Crippen MR) is 113 cm³/mol. The third-order valence-corrected chi connectivity index (χ3v) is 5.16. The normalized spacial score (nSPS) is 14.9. The Bertz CT molecular complexity index is 772. The Hall–Kier alpha value is -2.47. The smallest absolute Gasteiger partial charge is 0.272 e. The summed E-state index contributed by atoms with van der Waals surface area (Å²) in [5.41, 5.74) is 2.67. The lowest BCUT2D eigenvalue weighted by Gasteiger charge is -2.35. The van der Waals surface area contributed by atoms with Crippen LogP contribution in [-0.4, -0.2) is 65.4 Å². The van der Waals surface area contributed by atoms with Gasteiger partial charge < -0.3 is 9.80 Å². The molecule has 1 fully saturated rings. The quantitative estimate of drug-likeness (QED) is 0.738. The van der Waals surface area contributed by atoms with Crippen molar-refractivity contribution in [3.05, 3.63) is 53.3 Å². The molecule has 2 aromatic rings. The summed E-state index contributed by atoms with van der Waals surface area (Å²) in [5.74, 6) is 0.648. The number of carbonyl (C=O) groups excluding carboxylic acids is 1. The fourth-order valence-corrected chi connectivity index (χ4v) is 3.44. The fraction of sp³-hybridized carbons (Fsp3) is 0.500. The summed E-state index contributed by atoms with van der Waals surface area (Å²) in [6, 6.07) is 12.4. The first-order valence-electron chi connectivity index (χ1n) is 10.2. The summed E-state index contributed by atoms with van der Waals surface area (Å²) in [6.07, 6.45) is 2.07. The third kappa shape index (κ3) is 5.29. The van der Waals surface area contributed by atoms with Crippen LogP contribution in [0.3, 0.4) is 0 Å². The Morgan fingerprint density at radius 1 is 1.11 bits per heavy atom. The molecule has 0 saturated carbocycles. The molecule has 1 aromatic carbocycles. The molecule has 150 valence electrons. The van der Waals surface area contributed by atoms with E-state index in [1.54, 1.807) is 11.0 Å². The molecular formula is C22H31N5O. The van der Waals surface area contributed by atoms with E-state index in [4.69, 9.17) is 0 Å². The molecule has 1 aliphatic rings. The number of carbonyl (C=O) groups is 1. The molecule has 1 aliphatic heterocycles. The highest BCUT2D eigenvalue weighted by atomic mass is 16.2. The van der Waals surface area contributed by atoms with Crippen LogP contribution in [0, 0.1) is 6.92 Å². The number of hydrogen-bond acceptors (Lipinski definition) is 5. The molecule has 0 aliphatic carbocycles. The van der Waals surface area contributed by atoms with Gasteiger partial charge >= 0.3 is 0 Å². The van der Waals surface area contributed by atoms with E-state index in [0.29, 0.717) is 11.6 Å². The predicted octanol–water partition coefficient (Wildman–Crippen LogP) is 2.98. The molecular weight excluding hydrogens is 350 g/mol. The van der Waals surface area contributed by atoms with Crippen molar-refractivity contribution in [3.63, 3.8) is 0 Å². The zero-order valence-corrected chi connectivity index (χ0v) is 17.3. The highest BCUT2D eigenvalue weighted by molar-refractivity contribution is 5.92. The summed E-state index contributed by atoms with van der Waals surface area (Å²) in [6.45, 7) is 9.45. The number of nitrogens with zero attached hydrogens (tertiary/aromatic N) is 5. The average Bonchev–Trinajstić information content (AvgIpc) is 2.72. The maximum atomic E-state index is 12.7. The third-order valence-electron chi connectivity index (χ3n) is 5.16. The molecule has 1 saturated heterocycles. The second-order valence-corrected chi connectivity index (χ2v) is 7.52. The first kappa shape index (κ1) is 20.3. The van der Waals surface area contributed by atoms with E-state index in [1.807, 2.05) is 14.0 Å². The molecule has 0 spiro atoms. The van der Waals surface area contributed by atoms with Gasteiger partial charge in [0, 0.05) is 52.0 Å². The minimum atomic E-state index is -0.0251. The zero-order valence-electron chi connectivity index (χ0n) is 17.3. The van der Waals surface area contributed by atoms with Crippen LogP contribution >= 0.6 is 0 Å². The van der Waals surface area contributed by atoms with E-state index >= 15 is 0 Å². The maximum absolute atomic E-state index is 12.7. The van der Waals surface area contributed by atoms with Crippen molar-refractivity contribution in [2.24, 2.45) is 0 Å². The van der Waals surface area contributed by atoms with Gasteiger partial charge in [0.05, 0.1) is 0 Å². The van der Waals surface area contributed by atoms with Gasteiger partial charge in [0.1, 0.15) is 5.69 Å². The lowest BCUT2D eigenvalue weighted by atomic mass is 10.2. The second kappa shape index (κ2) is 9.64. The molecule has 2 heterocycles. The molecule has 28 heavy (non-hydrogen) atoms. The molecule has 6 nitrogen and oxygen atoms in total. The number of piperazine rings is 1. The van der Waals surface area contributed by atoms with Crippen LogP contribution in [0.25, 0.3) is 0 Å². The van der Waals surface area contributed by atoms with Crippen LogP contribution in [0.1, 0.15) is 41.5 Å². The van der Waals surface area contributed by atoms with Crippen LogP contribution in [0.15, 0.2) is 36.4 Å². The summed E-state index contributed by atoms with van der Waals surface area (Å²) in [4.78, 5) is 28.3. The van der Waals surface area contributed by atoms with Crippen LogP contribution in [0.2, 0.25) is 0 Å². The van der Waals surface area contributed by atoms with Gasteiger partial charge in [0.25, 0.3) is 5.91 Å². The first-order chi connectivity index (χ1) is 13.6. The van der Waals surface area contributed by atoms with Gasteiger partial charge in [0.2, 0.25) is 5.95 Å². The van der Waals surface area contributed by atoms with Crippen molar-refractivity contribution >= 4 is 11.9 Å². The largest absolute Gasteiger partial charge is 0.340 e. The number of rotatable bonds is 7. The molecule has 0 bridgehead atoms. The number of benzene rings is 1. The van der Waals surface area contributed by atoms with E-state index < -0.39 is 0 Å². The van der Waals surface area contributed by atoms with Crippen LogP contribution in [-0.2, 0) is 6.54 Å². The minimum Gasteiger partial charge on any atom is -0.340 e. The molecule has 0 radical (unpaired) electrons. The summed E-state index contributed by atoms with van der Waals surface area (Å²) >= 11 is 0. The Balaban J connectivity index is 1.63. The monoisotopic (exact) mass is 381 g/mol. The summed E-state index contributed by atoms with van der Waals surface area (Å²) in [5, 5.41) is 0. The Morgan fingerprint density at radius 3 is 2.50 bits per heavy atom. The lowest BCUT2D eigenvalue weighted by molar-refractivity contribution is 0.0787. The fourth-order valence-electron chi connectivity index (χ4n) is 3.44. The highest BCUT2D eigenvalue weighted by Gasteiger charge is 2.21.